The molecule has 0 saturated heterocycles. The van der Waals surface area contributed by atoms with Crippen LogP contribution < -0.4 is 10.0 Å². The largest absolute Gasteiger partial charge is 0.313 e. The van der Waals surface area contributed by atoms with Crippen molar-refractivity contribution in [3.05, 3.63) is 47.3 Å². The van der Waals surface area contributed by atoms with Crippen LogP contribution >= 0.6 is 11.3 Å². The van der Waals surface area contributed by atoms with Crippen LogP contribution in [0.4, 0.5) is 5.69 Å². The third-order valence-electron chi connectivity index (χ3n) is 2.68. The molecule has 0 bridgehead atoms. The number of sulfonamides is 1. The zero-order chi connectivity index (χ0) is 14.4. The van der Waals surface area contributed by atoms with Crippen molar-refractivity contribution in [2.75, 3.05) is 11.3 Å². The first kappa shape index (κ1) is 15.0. The summed E-state index contributed by atoms with van der Waals surface area (Å²) in [4.78, 5) is 0. The first-order valence-corrected chi connectivity index (χ1v) is 8.84. The number of nitrogens with one attached hydrogen (secondary N) is 2. The second-order valence-corrected chi connectivity index (χ2v) is 7.24. The van der Waals surface area contributed by atoms with E-state index in [-0.39, 0.29) is 0 Å². The van der Waals surface area contributed by atoms with E-state index in [9.17, 15) is 8.42 Å². The second kappa shape index (κ2) is 6.88. The molecule has 1 heterocycles. The smallest absolute Gasteiger partial charge is 0.271 e. The number of hydrogen-bond donors (Lipinski definition) is 2. The average Bonchev–Trinajstić information content (AvgIpc) is 2.89. The summed E-state index contributed by atoms with van der Waals surface area (Å²) >= 11 is 1.24. The molecule has 0 aliphatic carbocycles. The van der Waals surface area contributed by atoms with Gasteiger partial charge in [-0.25, -0.2) is 8.42 Å². The van der Waals surface area contributed by atoms with Gasteiger partial charge in [0.1, 0.15) is 4.21 Å². The molecule has 0 spiro atoms. The lowest BCUT2D eigenvalue weighted by atomic mass is 10.3. The highest BCUT2D eigenvalue weighted by molar-refractivity contribution is 7.94. The van der Waals surface area contributed by atoms with E-state index in [4.69, 9.17) is 0 Å². The molecule has 0 fully saturated rings. The molecule has 108 valence electrons. The molecule has 2 aromatic rings. The maximum absolute atomic E-state index is 12.2. The molecule has 6 heteroatoms. The quantitative estimate of drug-likeness (QED) is 0.773. The van der Waals surface area contributed by atoms with Gasteiger partial charge in [0.15, 0.2) is 0 Å². The van der Waals surface area contributed by atoms with Crippen LogP contribution in [0.2, 0.25) is 0 Å². The predicted octanol–water partition coefficient (Wildman–Crippen LogP) is 3.05. The summed E-state index contributed by atoms with van der Waals surface area (Å²) in [6.07, 6.45) is 1.06. The predicted molar refractivity (Wildman–Crippen MR) is 83.6 cm³/mol. The molecule has 0 unspecified atom stereocenters. The average molecular weight is 310 g/mol. The summed E-state index contributed by atoms with van der Waals surface area (Å²) in [5.41, 5.74) is 1.57. The van der Waals surface area contributed by atoms with E-state index in [0.29, 0.717) is 16.4 Å². The normalized spacial score (nSPS) is 11.4. The van der Waals surface area contributed by atoms with Gasteiger partial charge in [-0.2, -0.15) is 0 Å². The van der Waals surface area contributed by atoms with Gasteiger partial charge in [0.2, 0.25) is 0 Å². The zero-order valence-electron chi connectivity index (χ0n) is 11.3. The highest BCUT2D eigenvalue weighted by Gasteiger charge is 2.16. The minimum atomic E-state index is -3.48. The Hall–Kier alpha value is -1.37. The summed E-state index contributed by atoms with van der Waals surface area (Å²) in [5, 5.41) is 5.13. The molecule has 20 heavy (non-hydrogen) atoms. The second-order valence-electron chi connectivity index (χ2n) is 4.42. The van der Waals surface area contributed by atoms with Crippen LogP contribution in [-0.4, -0.2) is 15.0 Å². The van der Waals surface area contributed by atoms with Crippen LogP contribution in [0.15, 0.2) is 46.0 Å². The summed E-state index contributed by atoms with van der Waals surface area (Å²) in [6, 6.07) is 10.6. The molecule has 4 nitrogen and oxygen atoms in total. The number of hydrogen-bond acceptors (Lipinski definition) is 4. The third kappa shape index (κ3) is 4.06. The Morgan fingerprint density at radius 2 is 1.95 bits per heavy atom. The van der Waals surface area contributed by atoms with Gasteiger partial charge >= 0.3 is 0 Å². The van der Waals surface area contributed by atoms with E-state index in [1.807, 2.05) is 11.4 Å². The summed E-state index contributed by atoms with van der Waals surface area (Å²) in [6.45, 7) is 3.73. The molecule has 1 aromatic heterocycles. The van der Waals surface area contributed by atoms with Crippen molar-refractivity contribution in [1.82, 2.24) is 5.32 Å². The standard InChI is InChI=1S/C14H18N2O2S2/c1-2-8-15-10-12-9-14(19-11-12)20(17,18)16-13-6-4-3-5-7-13/h3-7,9,11,15-16H,2,8,10H2,1H3. The minimum Gasteiger partial charge on any atom is -0.313 e. The first-order chi connectivity index (χ1) is 9.62. The minimum absolute atomic E-state index is 0.342. The fraction of sp³-hybridized carbons (Fsp3) is 0.286. The van der Waals surface area contributed by atoms with E-state index in [1.165, 1.54) is 11.3 Å². The SMILES string of the molecule is CCCNCc1csc(S(=O)(=O)Nc2ccccc2)c1. The van der Waals surface area contributed by atoms with E-state index >= 15 is 0 Å². The van der Waals surface area contributed by atoms with Crippen molar-refractivity contribution >= 4 is 27.0 Å². The van der Waals surface area contributed by atoms with Crippen molar-refractivity contribution in [3.63, 3.8) is 0 Å². The lowest BCUT2D eigenvalue weighted by molar-refractivity contribution is 0.603. The Labute approximate surface area is 123 Å². The fourth-order valence-corrected chi connectivity index (χ4v) is 3.98. The highest BCUT2D eigenvalue weighted by Crippen LogP contribution is 2.23. The molecule has 0 radical (unpaired) electrons. The van der Waals surface area contributed by atoms with Crippen LogP contribution in [0.25, 0.3) is 0 Å². The van der Waals surface area contributed by atoms with Gasteiger partial charge < -0.3 is 5.32 Å². The van der Waals surface area contributed by atoms with Gasteiger partial charge in [-0.3, -0.25) is 4.72 Å². The van der Waals surface area contributed by atoms with Crippen LogP contribution in [0.3, 0.4) is 0 Å². The molecule has 2 rings (SSSR count). The van der Waals surface area contributed by atoms with E-state index < -0.39 is 10.0 Å². The molecule has 0 aliphatic heterocycles. The summed E-state index contributed by atoms with van der Waals surface area (Å²) in [5.74, 6) is 0. The van der Waals surface area contributed by atoms with Gasteiger partial charge in [-0.15, -0.1) is 11.3 Å². The van der Waals surface area contributed by atoms with Gasteiger partial charge in [-0.05, 0) is 42.1 Å². The Morgan fingerprint density at radius 3 is 2.65 bits per heavy atom. The van der Waals surface area contributed by atoms with Crippen molar-refractivity contribution in [2.24, 2.45) is 0 Å². The number of rotatable bonds is 7. The maximum Gasteiger partial charge on any atom is 0.271 e. The van der Waals surface area contributed by atoms with Crippen LogP contribution in [0.5, 0.6) is 0 Å². The number of para-hydroxylation sites is 1. The van der Waals surface area contributed by atoms with Gasteiger partial charge in [0, 0.05) is 12.2 Å². The fourth-order valence-electron chi connectivity index (χ4n) is 1.71. The van der Waals surface area contributed by atoms with Crippen molar-refractivity contribution < 1.29 is 8.42 Å². The first-order valence-electron chi connectivity index (χ1n) is 6.48. The molecule has 0 amide bonds. The maximum atomic E-state index is 12.2. The molecule has 2 N–H and O–H groups in total. The Bertz CT molecular complexity index is 636. The Balaban J connectivity index is 2.06. The van der Waals surface area contributed by atoms with E-state index in [0.717, 1.165) is 18.5 Å². The van der Waals surface area contributed by atoms with Gasteiger partial charge in [-0.1, -0.05) is 25.1 Å². The summed E-state index contributed by atoms with van der Waals surface area (Å²) in [7, 11) is -3.48. The van der Waals surface area contributed by atoms with Crippen LogP contribution in [0, 0.1) is 0 Å². The topological polar surface area (TPSA) is 58.2 Å². The number of anilines is 1. The molecule has 1 aromatic carbocycles. The number of benzene rings is 1. The molecule has 0 aliphatic rings. The monoisotopic (exact) mass is 310 g/mol. The van der Waals surface area contributed by atoms with Gasteiger partial charge in [0.25, 0.3) is 10.0 Å². The molecular weight excluding hydrogens is 292 g/mol. The molecular formula is C14H18N2O2S2. The highest BCUT2D eigenvalue weighted by atomic mass is 32.2. The van der Waals surface area contributed by atoms with E-state index in [2.05, 4.69) is 17.0 Å². The lowest BCUT2D eigenvalue weighted by Gasteiger charge is -2.05. The Morgan fingerprint density at radius 1 is 1.20 bits per heavy atom. The van der Waals surface area contributed by atoms with Gasteiger partial charge in [0.05, 0.1) is 0 Å². The van der Waals surface area contributed by atoms with Crippen LogP contribution in [0.1, 0.15) is 18.9 Å². The lowest BCUT2D eigenvalue weighted by Crippen LogP contribution is -2.13. The van der Waals surface area contributed by atoms with Crippen LogP contribution in [-0.2, 0) is 16.6 Å². The molecule has 0 saturated carbocycles. The zero-order valence-corrected chi connectivity index (χ0v) is 12.9. The third-order valence-corrected chi connectivity index (χ3v) is 5.55. The van der Waals surface area contributed by atoms with Crippen molar-refractivity contribution in [1.29, 1.82) is 0 Å². The summed E-state index contributed by atoms with van der Waals surface area (Å²) < 4.78 is 27.4. The molecule has 0 atom stereocenters. The Kier molecular flexibility index (Phi) is 5.17. The van der Waals surface area contributed by atoms with E-state index in [1.54, 1.807) is 30.3 Å². The van der Waals surface area contributed by atoms with Crippen molar-refractivity contribution in [3.8, 4) is 0 Å². The van der Waals surface area contributed by atoms with Crippen molar-refractivity contribution in [2.45, 2.75) is 24.1 Å². The number of thiophene rings is 1.